The molecular formula is C17H18ClN3S. The maximum atomic E-state index is 6.33. The van der Waals surface area contributed by atoms with Crippen molar-refractivity contribution in [2.75, 3.05) is 23.7 Å². The predicted octanol–water partition coefficient (Wildman–Crippen LogP) is 4.71. The lowest BCUT2D eigenvalue weighted by Crippen LogP contribution is -2.35. The van der Waals surface area contributed by atoms with Crippen LogP contribution in [0.3, 0.4) is 0 Å². The second kappa shape index (κ2) is 6.03. The molecule has 0 bridgehead atoms. The van der Waals surface area contributed by atoms with Crippen molar-refractivity contribution in [2.45, 2.75) is 28.7 Å². The van der Waals surface area contributed by atoms with Crippen LogP contribution in [-0.2, 0) is 0 Å². The molecule has 2 heterocycles. The number of hydrogen-bond acceptors (Lipinski definition) is 4. The van der Waals surface area contributed by atoms with Crippen LogP contribution in [0.5, 0.6) is 0 Å². The minimum absolute atomic E-state index is 0.507. The Kier molecular flexibility index (Phi) is 3.90. The predicted molar refractivity (Wildman–Crippen MR) is 94.8 cm³/mol. The smallest absolute Gasteiger partial charge is 0.0763 e. The van der Waals surface area contributed by atoms with Crippen LogP contribution in [0, 0.1) is 0 Å². The average molecular weight is 332 g/mol. The Bertz CT molecular complexity index is 698. The van der Waals surface area contributed by atoms with Crippen molar-refractivity contribution >= 4 is 40.4 Å². The van der Waals surface area contributed by atoms with Gasteiger partial charge < -0.3 is 16.0 Å². The molecule has 2 aliphatic heterocycles. The summed E-state index contributed by atoms with van der Waals surface area (Å²) in [5, 5.41) is 11.4. The molecule has 114 valence electrons. The number of nitrogens with one attached hydrogen (secondary N) is 3. The normalized spacial score (nSPS) is 17.3. The number of fused-ring (bicyclic) bond motifs is 2. The minimum atomic E-state index is 0.507. The van der Waals surface area contributed by atoms with Gasteiger partial charge in [-0.25, -0.2) is 0 Å². The van der Waals surface area contributed by atoms with Gasteiger partial charge in [-0.05, 0) is 50.2 Å². The standard InChI is InChI=1S/C17H18ClN3S/c18-11-9-14(20-12-5-7-19-8-6-12)17-16(10-11)22-15-4-2-1-3-13(15)21-17/h1-4,9-10,12,19-21H,5-8H2. The van der Waals surface area contributed by atoms with E-state index in [0.29, 0.717) is 6.04 Å². The molecule has 0 aliphatic carbocycles. The van der Waals surface area contributed by atoms with Crippen molar-refractivity contribution in [1.82, 2.24) is 5.32 Å². The monoisotopic (exact) mass is 331 g/mol. The maximum absolute atomic E-state index is 6.33. The maximum Gasteiger partial charge on any atom is 0.0763 e. The molecule has 5 heteroatoms. The van der Waals surface area contributed by atoms with Gasteiger partial charge in [0.1, 0.15) is 0 Å². The van der Waals surface area contributed by atoms with E-state index < -0.39 is 0 Å². The lowest BCUT2D eigenvalue weighted by Gasteiger charge is -2.29. The van der Waals surface area contributed by atoms with Crippen LogP contribution in [0.2, 0.25) is 5.02 Å². The number of anilines is 3. The highest BCUT2D eigenvalue weighted by molar-refractivity contribution is 7.99. The first kappa shape index (κ1) is 14.2. The third-order valence-corrected chi connectivity index (χ3v) is 5.47. The molecule has 0 atom stereocenters. The fourth-order valence-electron chi connectivity index (χ4n) is 3.00. The van der Waals surface area contributed by atoms with Gasteiger partial charge in [0.15, 0.2) is 0 Å². The topological polar surface area (TPSA) is 36.1 Å². The summed E-state index contributed by atoms with van der Waals surface area (Å²) in [6.07, 6.45) is 2.29. The molecule has 22 heavy (non-hydrogen) atoms. The van der Waals surface area contributed by atoms with E-state index >= 15 is 0 Å². The number of hydrogen-bond donors (Lipinski definition) is 3. The minimum Gasteiger partial charge on any atom is -0.380 e. The summed E-state index contributed by atoms with van der Waals surface area (Å²) in [6, 6.07) is 13.0. The van der Waals surface area contributed by atoms with E-state index in [4.69, 9.17) is 11.6 Å². The molecule has 2 aliphatic rings. The molecule has 0 saturated carbocycles. The van der Waals surface area contributed by atoms with Crippen molar-refractivity contribution in [3.05, 3.63) is 41.4 Å². The lowest BCUT2D eigenvalue weighted by molar-refractivity contribution is 0.479. The molecule has 3 N–H and O–H groups in total. The summed E-state index contributed by atoms with van der Waals surface area (Å²) < 4.78 is 0. The third-order valence-electron chi connectivity index (χ3n) is 4.13. The number of rotatable bonds is 2. The Morgan fingerprint density at radius 3 is 2.77 bits per heavy atom. The highest BCUT2D eigenvalue weighted by atomic mass is 35.5. The highest BCUT2D eigenvalue weighted by Crippen LogP contribution is 2.48. The van der Waals surface area contributed by atoms with Gasteiger partial charge in [0.25, 0.3) is 0 Å². The summed E-state index contributed by atoms with van der Waals surface area (Å²) in [4.78, 5) is 2.42. The van der Waals surface area contributed by atoms with Gasteiger partial charge >= 0.3 is 0 Å². The summed E-state index contributed by atoms with van der Waals surface area (Å²) in [5.41, 5.74) is 3.42. The Hall–Kier alpha value is -1.36. The highest BCUT2D eigenvalue weighted by Gasteiger charge is 2.21. The molecule has 2 aromatic rings. The zero-order valence-corrected chi connectivity index (χ0v) is 13.7. The molecular weight excluding hydrogens is 314 g/mol. The first-order valence-electron chi connectivity index (χ1n) is 7.64. The van der Waals surface area contributed by atoms with E-state index in [1.54, 1.807) is 11.8 Å². The van der Waals surface area contributed by atoms with Crippen molar-refractivity contribution in [1.29, 1.82) is 0 Å². The van der Waals surface area contributed by atoms with E-state index in [-0.39, 0.29) is 0 Å². The Morgan fingerprint density at radius 2 is 1.91 bits per heavy atom. The van der Waals surface area contributed by atoms with Crippen LogP contribution in [0.1, 0.15) is 12.8 Å². The number of piperidine rings is 1. The molecule has 0 aromatic heterocycles. The molecule has 4 rings (SSSR count). The van der Waals surface area contributed by atoms with Gasteiger partial charge in [-0.2, -0.15) is 0 Å². The Labute approximate surface area is 139 Å². The Balaban J connectivity index is 1.67. The fourth-order valence-corrected chi connectivity index (χ4v) is 4.35. The second-order valence-corrected chi connectivity index (χ2v) is 7.24. The summed E-state index contributed by atoms with van der Waals surface area (Å²) >= 11 is 8.11. The number of benzene rings is 2. The van der Waals surface area contributed by atoms with Gasteiger partial charge in [0, 0.05) is 20.9 Å². The number of halogens is 1. The summed E-state index contributed by atoms with van der Waals surface area (Å²) in [7, 11) is 0. The van der Waals surface area contributed by atoms with Gasteiger partial charge in [-0.1, -0.05) is 35.5 Å². The van der Waals surface area contributed by atoms with Gasteiger partial charge in [0.2, 0.25) is 0 Å². The van der Waals surface area contributed by atoms with Crippen LogP contribution in [0.25, 0.3) is 0 Å². The number of para-hydroxylation sites is 1. The SMILES string of the molecule is Clc1cc(NC2CCNCC2)c2c(c1)Sc1ccccc1N2. The quantitative estimate of drug-likeness (QED) is 0.635. The fraction of sp³-hybridized carbons (Fsp3) is 0.294. The lowest BCUT2D eigenvalue weighted by atomic mass is 10.1. The van der Waals surface area contributed by atoms with Crippen molar-refractivity contribution < 1.29 is 0 Å². The van der Waals surface area contributed by atoms with Crippen molar-refractivity contribution in [3.63, 3.8) is 0 Å². The van der Waals surface area contributed by atoms with Crippen molar-refractivity contribution in [2.24, 2.45) is 0 Å². The molecule has 0 radical (unpaired) electrons. The zero-order valence-electron chi connectivity index (χ0n) is 12.2. The first-order valence-corrected chi connectivity index (χ1v) is 8.84. The van der Waals surface area contributed by atoms with Crippen LogP contribution >= 0.6 is 23.4 Å². The first-order chi connectivity index (χ1) is 10.8. The molecule has 1 fully saturated rings. The molecule has 2 aromatic carbocycles. The second-order valence-electron chi connectivity index (χ2n) is 5.72. The summed E-state index contributed by atoms with van der Waals surface area (Å²) in [5.74, 6) is 0. The molecule has 0 spiro atoms. The van der Waals surface area contributed by atoms with E-state index in [2.05, 4.69) is 40.2 Å². The molecule has 1 saturated heterocycles. The molecule has 0 unspecified atom stereocenters. The van der Waals surface area contributed by atoms with Crippen LogP contribution in [0.15, 0.2) is 46.2 Å². The third kappa shape index (κ3) is 2.78. The largest absolute Gasteiger partial charge is 0.380 e. The van der Waals surface area contributed by atoms with Crippen LogP contribution in [-0.4, -0.2) is 19.1 Å². The van der Waals surface area contributed by atoms with E-state index in [9.17, 15) is 0 Å². The summed E-state index contributed by atoms with van der Waals surface area (Å²) in [6.45, 7) is 2.15. The molecule has 3 nitrogen and oxygen atoms in total. The zero-order chi connectivity index (χ0) is 14.9. The molecule has 0 amide bonds. The Morgan fingerprint density at radius 1 is 1.09 bits per heavy atom. The van der Waals surface area contributed by atoms with Gasteiger partial charge in [-0.15, -0.1) is 0 Å². The van der Waals surface area contributed by atoms with E-state index in [1.165, 1.54) is 9.79 Å². The van der Waals surface area contributed by atoms with Crippen LogP contribution in [0.4, 0.5) is 17.1 Å². The van der Waals surface area contributed by atoms with Crippen molar-refractivity contribution in [3.8, 4) is 0 Å². The van der Waals surface area contributed by atoms with Crippen LogP contribution < -0.4 is 16.0 Å². The van der Waals surface area contributed by atoms with E-state index in [0.717, 1.165) is 48.0 Å². The van der Waals surface area contributed by atoms with E-state index in [1.807, 2.05) is 12.1 Å². The van der Waals surface area contributed by atoms with Gasteiger partial charge in [-0.3, -0.25) is 0 Å². The average Bonchev–Trinajstić information content (AvgIpc) is 2.54. The van der Waals surface area contributed by atoms with Gasteiger partial charge in [0.05, 0.1) is 17.1 Å².